The molecule has 3 aromatic rings. The molecule has 8 nitrogen and oxygen atoms in total. The summed E-state index contributed by atoms with van der Waals surface area (Å²) in [7, 11) is -2.31. The van der Waals surface area contributed by atoms with Gasteiger partial charge in [-0.3, -0.25) is 9.52 Å². The van der Waals surface area contributed by atoms with Gasteiger partial charge in [0.05, 0.1) is 16.5 Å². The first-order chi connectivity index (χ1) is 13.3. The summed E-state index contributed by atoms with van der Waals surface area (Å²) in [4.78, 5) is 12.3. The number of allylic oxidation sites excluding steroid dienone is 1. The number of rotatable bonds is 7. The van der Waals surface area contributed by atoms with Crippen molar-refractivity contribution in [3.8, 4) is 0 Å². The number of nitrogens with zero attached hydrogens (tertiary/aromatic N) is 2. The Labute approximate surface area is 166 Å². The molecule has 1 N–H and O–H groups in total. The van der Waals surface area contributed by atoms with Crippen molar-refractivity contribution in [2.45, 2.75) is 24.5 Å². The van der Waals surface area contributed by atoms with E-state index in [1.807, 2.05) is 0 Å². The Bertz CT molecular complexity index is 1170. The average Bonchev–Trinajstić information content (AvgIpc) is 3.18. The van der Waals surface area contributed by atoms with E-state index in [9.17, 15) is 13.2 Å². The molecule has 0 fully saturated rings. The fourth-order valence-corrected chi connectivity index (χ4v) is 3.74. The van der Waals surface area contributed by atoms with Gasteiger partial charge in [0.2, 0.25) is 0 Å². The maximum atomic E-state index is 12.5. The molecule has 0 aliphatic rings. The first-order valence-electron chi connectivity index (χ1n) is 8.27. The fourth-order valence-electron chi connectivity index (χ4n) is 2.56. The number of ether oxygens (including phenoxy) is 1. The second-order valence-electron chi connectivity index (χ2n) is 5.96. The van der Waals surface area contributed by atoms with Crippen LogP contribution in [0, 0.1) is 0 Å². The molecule has 2 heterocycles. The summed E-state index contributed by atoms with van der Waals surface area (Å²) in [5.74, 6) is 0.0807. The number of halogens is 1. The second kappa shape index (κ2) is 8.17. The molecule has 148 valence electrons. The SMILES string of the molecule is CO[C@@H](C)/C(Cl)=C\Cn1c(=O)ccc2cc(S(=O)(=O)Nc3ccon3)ccc21. The number of benzene rings is 1. The third-order valence-electron chi connectivity index (χ3n) is 4.16. The van der Waals surface area contributed by atoms with Crippen molar-refractivity contribution < 1.29 is 17.7 Å². The minimum Gasteiger partial charge on any atom is -0.376 e. The summed E-state index contributed by atoms with van der Waals surface area (Å²) in [5, 5.41) is 4.60. The van der Waals surface area contributed by atoms with Gasteiger partial charge in [0.15, 0.2) is 5.82 Å². The molecule has 0 unspecified atom stereocenters. The number of nitrogens with one attached hydrogen (secondary N) is 1. The van der Waals surface area contributed by atoms with Gasteiger partial charge >= 0.3 is 0 Å². The number of sulfonamides is 1. The number of fused-ring (bicyclic) bond motifs is 1. The van der Waals surface area contributed by atoms with Gasteiger partial charge < -0.3 is 13.8 Å². The van der Waals surface area contributed by atoms with E-state index in [0.717, 1.165) is 0 Å². The lowest BCUT2D eigenvalue weighted by Gasteiger charge is -2.12. The van der Waals surface area contributed by atoms with Gasteiger partial charge in [-0.25, -0.2) is 8.42 Å². The highest BCUT2D eigenvalue weighted by molar-refractivity contribution is 7.92. The number of methoxy groups -OCH3 is 1. The highest BCUT2D eigenvalue weighted by Crippen LogP contribution is 2.21. The van der Waals surface area contributed by atoms with Crippen LogP contribution in [0.25, 0.3) is 10.9 Å². The number of pyridine rings is 1. The van der Waals surface area contributed by atoms with Gasteiger partial charge in [-0.1, -0.05) is 16.8 Å². The highest BCUT2D eigenvalue weighted by atomic mass is 35.5. The Balaban J connectivity index is 1.98. The molecule has 0 aliphatic heterocycles. The van der Waals surface area contributed by atoms with Crippen LogP contribution >= 0.6 is 11.6 Å². The predicted octanol–water partition coefficient (Wildman–Crippen LogP) is 2.95. The number of anilines is 1. The minimum atomic E-state index is -3.85. The number of hydrogen-bond donors (Lipinski definition) is 1. The van der Waals surface area contributed by atoms with Gasteiger partial charge in [0.1, 0.15) is 6.26 Å². The zero-order valence-corrected chi connectivity index (χ0v) is 16.7. The van der Waals surface area contributed by atoms with Gasteiger partial charge in [-0.15, -0.1) is 0 Å². The van der Waals surface area contributed by atoms with Gasteiger partial charge in [0.25, 0.3) is 15.6 Å². The summed E-state index contributed by atoms with van der Waals surface area (Å²) in [6, 6.07) is 8.83. The fraction of sp³-hybridized carbons (Fsp3) is 0.222. The second-order valence-corrected chi connectivity index (χ2v) is 8.08. The monoisotopic (exact) mass is 423 g/mol. The summed E-state index contributed by atoms with van der Waals surface area (Å²) in [5.41, 5.74) is 0.355. The third kappa shape index (κ3) is 4.27. The topological polar surface area (TPSA) is 103 Å². The lowest BCUT2D eigenvalue weighted by Crippen LogP contribution is -2.19. The maximum Gasteiger partial charge on any atom is 0.263 e. The lowest BCUT2D eigenvalue weighted by molar-refractivity contribution is 0.152. The van der Waals surface area contributed by atoms with E-state index < -0.39 is 10.0 Å². The molecule has 0 bridgehead atoms. The smallest absolute Gasteiger partial charge is 0.263 e. The Morgan fingerprint density at radius 2 is 2.14 bits per heavy atom. The van der Waals surface area contributed by atoms with E-state index in [4.69, 9.17) is 16.3 Å². The molecule has 0 saturated carbocycles. The van der Waals surface area contributed by atoms with Crippen LogP contribution in [0.1, 0.15) is 6.92 Å². The van der Waals surface area contributed by atoms with E-state index in [1.54, 1.807) is 32.2 Å². The van der Waals surface area contributed by atoms with Crippen molar-refractivity contribution in [1.82, 2.24) is 9.72 Å². The number of aromatic nitrogens is 2. The first-order valence-corrected chi connectivity index (χ1v) is 10.1. The van der Waals surface area contributed by atoms with Crippen LogP contribution in [0.2, 0.25) is 0 Å². The molecule has 1 atom stereocenters. The Morgan fingerprint density at radius 3 is 2.82 bits per heavy atom. The molecule has 10 heteroatoms. The van der Waals surface area contributed by atoms with Crippen molar-refractivity contribution in [2.24, 2.45) is 0 Å². The molecule has 0 saturated heterocycles. The van der Waals surface area contributed by atoms with Crippen LogP contribution < -0.4 is 10.3 Å². The van der Waals surface area contributed by atoms with Crippen LogP contribution in [0.4, 0.5) is 5.82 Å². The summed E-state index contributed by atoms with van der Waals surface area (Å²) >= 11 is 6.16. The quantitative estimate of drug-likeness (QED) is 0.626. The van der Waals surface area contributed by atoms with Crippen LogP contribution in [-0.2, 0) is 21.3 Å². The van der Waals surface area contributed by atoms with Crippen molar-refractivity contribution >= 4 is 38.3 Å². The molecule has 0 aliphatic carbocycles. The zero-order chi connectivity index (χ0) is 20.3. The van der Waals surface area contributed by atoms with Crippen LogP contribution in [-0.4, -0.2) is 31.4 Å². The van der Waals surface area contributed by atoms with E-state index in [1.165, 1.54) is 35.1 Å². The van der Waals surface area contributed by atoms with Gasteiger partial charge in [-0.05, 0) is 42.7 Å². The lowest BCUT2D eigenvalue weighted by atomic mass is 10.2. The van der Waals surface area contributed by atoms with E-state index >= 15 is 0 Å². The molecule has 0 amide bonds. The molecule has 0 spiro atoms. The van der Waals surface area contributed by atoms with Crippen molar-refractivity contribution in [3.63, 3.8) is 0 Å². The van der Waals surface area contributed by atoms with E-state index in [-0.39, 0.29) is 28.9 Å². The third-order valence-corrected chi connectivity index (χ3v) is 5.97. The Morgan fingerprint density at radius 1 is 1.36 bits per heavy atom. The van der Waals surface area contributed by atoms with E-state index in [0.29, 0.717) is 15.9 Å². The number of hydrogen-bond acceptors (Lipinski definition) is 6. The molecule has 28 heavy (non-hydrogen) atoms. The van der Waals surface area contributed by atoms with Crippen LogP contribution in [0.3, 0.4) is 0 Å². The molecular formula is C18H18ClN3O5S. The predicted molar refractivity (Wildman–Crippen MR) is 106 cm³/mol. The average molecular weight is 424 g/mol. The summed E-state index contributed by atoms with van der Waals surface area (Å²) < 4.78 is 38.6. The van der Waals surface area contributed by atoms with Crippen LogP contribution in [0.5, 0.6) is 0 Å². The molecule has 2 aromatic heterocycles. The maximum absolute atomic E-state index is 12.5. The van der Waals surface area contributed by atoms with E-state index in [2.05, 4.69) is 14.4 Å². The molecular weight excluding hydrogens is 406 g/mol. The van der Waals surface area contributed by atoms with Gasteiger partial charge in [0, 0.05) is 30.8 Å². The molecule has 1 aromatic carbocycles. The standard InChI is InChI=1S/C18H18ClN3O5S/c1-12(26-2)15(19)7-9-22-16-5-4-14(11-13(16)3-6-18(22)23)28(24,25)21-17-8-10-27-20-17/h3-8,10-12H,9H2,1-2H3,(H,20,21)/b15-7+/t12-/m0/s1. The first kappa shape index (κ1) is 20.1. The normalized spacial score (nSPS) is 13.6. The highest BCUT2D eigenvalue weighted by Gasteiger charge is 2.17. The van der Waals surface area contributed by atoms with Crippen molar-refractivity contribution in [3.05, 3.63) is 64.1 Å². The van der Waals surface area contributed by atoms with Gasteiger partial charge in [-0.2, -0.15) is 0 Å². The molecule has 0 radical (unpaired) electrons. The molecule has 3 rings (SSSR count). The van der Waals surface area contributed by atoms with Crippen molar-refractivity contribution in [2.75, 3.05) is 11.8 Å². The summed E-state index contributed by atoms with van der Waals surface area (Å²) in [6.07, 6.45) is 2.67. The summed E-state index contributed by atoms with van der Waals surface area (Å²) in [6.45, 7) is 2.02. The minimum absolute atomic E-state index is 0.0368. The van der Waals surface area contributed by atoms with Crippen LogP contribution in [0.15, 0.2) is 68.0 Å². The largest absolute Gasteiger partial charge is 0.376 e. The zero-order valence-electron chi connectivity index (χ0n) is 15.1. The Kier molecular flexibility index (Phi) is 5.87. The van der Waals surface area contributed by atoms with Crippen molar-refractivity contribution in [1.29, 1.82) is 0 Å². The Hall–Kier alpha value is -2.62.